The van der Waals surface area contributed by atoms with Gasteiger partial charge in [-0.2, -0.15) is 0 Å². The van der Waals surface area contributed by atoms with Crippen LogP contribution < -0.4 is 4.74 Å². The van der Waals surface area contributed by atoms with E-state index >= 15 is 0 Å². The van der Waals surface area contributed by atoms with Crippen LogP contribution in [0.1, 0.15) is 40.7 Å². The van der Waals surface area contributed by atoms with Gasteiger partial charge in [-0.15, -0.1) is 0 Å². The molecule has 3 aromatic carbocycles. The van der Waals surface area contributed by atoms with Crippen LogP contribution in [0.3, 0.4) is 0 Å². The molecule has 1 aromatic heterocycles. The first-order valence-electron chi connectivity index (χ1n) is 10.6. The monoisotopic (exact) mass is 412 g/mol. The topological polar surface area (TPSA) is 55.6 Å². The second kappa shape index (κ2) is 7.91. The van der Waals surface area contributed by atoms with Crippen LogP contribution in [0.25, 0.3) is 22.2 Å². The normalized spacial score (nSPS) is 16.1. The lowest BCUT2D eigenvalue weighted by Crippen LogP contribution is -2.31. The van der Waals surface area contributed by atoms with Gasteiger partial charge in [0.05, 0.1) is 12.7 Å². The van der Waals surface area contributed by atoms with Gasteiger partial charge < -0.3 is 14.1 Å². The number of aryl methyl sites for hydroxylation is 1. The number of likely N-dealkylation sites (tertiary alicyclic amines) is 1. The van der Waals surface area contributed by atoms with Crippen molar-refractivity contribution in [2.75, 3.05) is 13.7 Å². The lowest BCUT2D eigenvalue weighted by atomic mass is 10.0. The number of oxazole rings is 1. The van der Waals surface area contributed by atoms with Crippen molar-refractivity contribution in [3.63, 3.8) is 0 Å². The van der Waals surface area contributed by atoms with Gasteiger partial charge in [-0.3, -0.25) is 4.79 Å². The Morgan fingerprint density at radius 3 is 2.74 bits per heavy atom. The lowest BCUT2D eigenvalue weighted by molar-refractivity contribution is 0.0713. The summed E-state index contributed by atoms with van der Waals surface area (Å²) in [6.07, 6.45) is 1.75. The van der Waals surface area contributed by atoms with E-state index in [2.05, 4.69) is 43.3 Å². The molecule has 1 atom stereocenters. The number of methoxy groups -OCH3 is 1. The number of nitrogens with zero attached hydrogens (tertiary/aromatic N) is 2. The summed E-state index contributed by atoms with van der Waals surface area (Å²) in [6.45, 7) is 2.76. The van der Waals surface area contributed by atoms with Gasteiger partial charge in [-0.1, -0.05) is 48.0 Å². The number of rotatable bonds is 4. The quantitative estimate of drug-likeness (QED) is 0.426. The van der Waals surface area contributed by atoms with Gasteiger partial charge >= 0.3 is 0 Å². The Hall–Kier alpha value is -3.60. The first-order valence-corrected chi connectivity index (χ1v) is 10.6. The Balaban J connectivity index is 1.47. The Morgan fingerprint density at radius 2 is 1.90 bits per heavy atom. The van der Waals surface area contributed by atoms with Gasteiger partial charge in [0.15, 0.2) is 5.58 Å². The molecule has 1 aliphatic rings. The highest BCUT2D eigenvalue weighted by Gasteiger charge is 2.35. The van der Waals surface area contributed by atoms with Crippen molar-refractivity contribution in [2.45, 2.75) is 25.8 Å². The van der Waals surface area contributed by atoms with Gasteiger partial charge in [-0.25, -0.2) is 4.98 Å². The number of carbonyl (C=O) groups excluding carboxylic acids is 1. The van der Waals surface area contributed by atoms with Crippen molar-refractivity contribution in [1.82, 2.24) is 9.88 Å². The molecule has 1 amide bonds. The molecule has 4 aromatic rings. The number of benzene rings is 3. The summed E-state index contributed by atoms with van der Waals surface area (Å²) in [5, 5.41) is 0. The van der Waals surface area contributed by atoms with Gasteiger partial charge in [0, 0.05) is 6.54 Å². The Bertz CT molecular complexity index is 1260. The molecule has 5 rings (SSSR count). The number of carbonyl (C=O) groups is 1. The summed E-state index contributed by atoms with van der Waals surface area (Å²) in [4.78, 5) is 19.9. The maximum Gasteiger partial charge on any atom is 0.258 e. The van der Waals surface area contributed by atoms with Crippen molar-refractivity contribution in [1.29, 1.82) is 0 Å². The molecule has 0 radical (unpaired) electrons. The number of para-hydroxylation sites is 1. The summed E-state index contributed by atoms with van der Waals surface area (Å²) < 4.78 is 11.5. The largest absolute Gasteiger partial charge is 0.496 e. The van der Waals surface area contributed by atoms with Gasteiger partial charge in [0.25, 0.3) is 5.91 Å². The van der Waals surface area contributed by atoms with E-state index in [0.29, 0.717) is 23.7 Å². The molecule has 0 aliphatic carbocycles. The van der Waals surface area contributed by atoms with Crippen LogP contribution >= 0.6 is 0 Å². The number of ether oxygens (including phenoxy) is 1. The molecule has 5 nitrogen and oxygen atoms in total. The predicted molar refractivity (Wildman–Crippen MR) is 120 cm³/mol. The van der Waals surface area contributed by atoms with E-state index in [-0.39, 0.29) is 11.9 Å². The van der Waals surface area contributed by atoms with Crippen molar-refractivity contribution in [2.24, 2.45) is 0 Å². The highest BCUT2D eigenvalue weighted by Crippen LogP contribution is 2.36. The van der Waals surface area contributed by atoms with Crippen molar-refractivity contribution in [3.8, 4) is 16.9 Å². The molecule has 0 spiro atoms. The highest BCUT2D eigenvalue weighted by atomic mass is 16.5. The smallest absolute Gasteiger partial charge is 0.258 e. The molecule has 1 fully saturated rings. The second-order valence-corrected chi connectivity index (χ2v) is 7.96. The Morgan fingerprint density at radius 1 is 1.06 bits per heavy atom. The first kappa shape index (κ1) is 19.4. The zero-order valence-corrected chi connectivity index (χ0v) is 17.7. The third-order valence-electron chi connectivity index (χ3n) is 5.89. The molecule has 156 valence electrons. The summed E-state index contributed by atoms with van der Waals surface area (Å²) in [7, 11) is 1.58. The molecule has 0 bridgehead atoms. The molecule has 0 N–H and O–H groups in total. The van der Waals surface area contributed by atoms with Gasteiger partial charge in [0.2, 0.25) is 5.89 Å². The molecular weight excluding hydrogens is 388 g/mol. The number of hydrogen-bond acceptors (Lipinski definition) is 4. The second-order valence-electron chi connectivity index (χ2n) is 7.96. The van der Waals surface area contributed by atoms with Crippen molar-refractivity contribution in [3.05, 3.63) is 83.7 Å². The average Bonchev–Trinajstić information content (AvgIpc) is 3.45. The van der Waals surface area contributed by atoms with E-state index in [9.17, 15) is 4.79 Å². The minimum absolute atomic E-state index is 0.0531. The molecule has 1 saturated heterocycles. The van der Waals surface area contributed by atoms with E-state index in [1.54, 1.807) is 13.2 Å². The maximum absolute atomic E-state index is 13.3. The maximum atomic E-state index is 13.3. The van der Waals surface area contributed by atoms with Crippen molar-refractivity contribution < 1.29 is 13.9 Å². The summed E-state index contributed by atoms with van der Waals surface area (Å²) in [5.74, 6) is 1.12. The Labute approximate surface area is 181 Å². The van der Waals surface area contributed by atoms with Crippen LogP contribution in [0, 0.1) is 6.92 Å². The average molecular weight is 412 g/mol. The van der Waals surface area contributed by atoms with E-state index < -0.39 is 0 Å². The highest BCUT2D eigenvalue weighted by molar-refractivity contribution is 5.97. The van der Waals surface area contributed by atoms with Crippen LogP contribution in [0.2, 0.25) is 0 Å². The lowest BCUT2D eigenvalue weighted by Gasteiger charge is -2.23. The fourth-order valence-electron chi connectivity index (χ4n) is 4.33. The minimum Gasteiger partial charge on any atom is -0.496 e. The first-order chi connectivity index (χ1) is 15.1. The minimum atomic E-state index is -0.174. The van der Waals surface area contributed by atoms with Crippen LogP contribution in [0.4, 0.5) is 0 Å². The molecule has 2 heterocycles. The van der Waals surface area contributed by atoms with Gasteiger partial charge in [-0.05, 0) is 55.2 Å². The van der Waals surface area contributed by atoms with Crippen LogP contribution in [0.15, 0.2) is 71.1 Å². The number of fused-ring (bicyclic) bond motifs is 1. The molecule has 0 saturated carbocycles. The number of aromatic nitrogens is 1. The van der Waals surface area contributed by atoms with E-state index in [4.69, 9.17) is 14.1 Å². The number of amides is 1. The van der Waals surface area contributed by atoms with E-state index in [1.807, 2.05) is 29.2 Å². The summed E-state index contributed by atoms with van der Waals surface area (Å²) in [5.41, 5.74) is 5.59. The third-order valence-corrected chi connectivity index (χ3v) is 5.89. The third kappa shape index (κ3) is 3.56. The molecule has 31 heavy (non-hydrogen) atoms. The predicted octanol–water partition coefficient (Wildman–Crippen LogP) is 5.79. The van der Waals surface area contributed by atoms with Gasteiger partial charge in [0.1, 0.15) is 17.3 Å². The SMILES string of the molecule is COc1ccccc1C(=O)N1CCCC1c1nc2cc(-c3cccc(C)c3)ccc2o1. The summed E-state index contributed by atoms with van der Waals surface area (Å²) >= 11 is 0. The summed E-state index contributed by atoms with van der Waals surface area (Å²) in [6, 6.07) is 21.6. The molecule has 1 aliphatic heterocycles. The van der Waals surface area contributed by atoms with E-state index in [1.165, 1.54) is 5.56 Å². The molecule has 5 heteroatoms. The Kier molecular flexibility index (Phi) is 4.94. The fourth-order valence-corrected chi connectivity index (χ4v) is 4.33. The van der Waals surface area contributed by atoms with Crippen molar-refractivity contribution >= 4 is 17.0 Å². The van der Waals surface area contributed by atoms with E-state index in [0.717, 1.165) is 35.1 Å². The zero-order valence-electron chi connectivity index (χ0n) is 17.7. The van der Waals surface area contributed by atoms with Crippen LogP contribution in [0.5, 0.6) is 5.75 Å². The molecular formula is C26H24N2O3. The number of hydrogen-bond donors (Lipinski definition) is 0. The van der Waals surface area contributed by atoms with Crippen LogP contribution in [-0.2, 0) is 0 Å². The fraction of sp³-hybridized carbons (Fsp3) is 0.231. The van der Waals surface area contributed by atoms with Crippen LogP contribution in [-0.4, -0.2) is 29.4 Å². The zero-order chi connectivity index (χ0) is 21.4. The molecule has 1 unspecified atom stereocenters. The standard InChI is InChI=1S/C26H24N2O3/c1-17-7-5-8-18(15-17)19-12-13-24-21(16-19)27-25(31-24)22-10-6-14-28(22)26(29)20-9-3-4-11-23(20)30-2/h3-5,7-9,11-13,15-16,22H,6,10,14H2,1-2H3.